The van der Waals surface area contributed by atoms with Crippen LogP contribution in [0.1, 0.15) is 17.2 Å². The molecule has 0 saturated carbocycles. The minimum atomic E-state index is 0.158. The number of pyridine rings is 1. The van der Waals surface area contributed by atoms with E-state index in [-0.39, 0.29) is 6.04 Å². The van der Waals surface area contributed by atoms with Gasteiger partial charge in [-0.1, -0.05) is 108 Å². The van der Waals surface area contributed by atoms with E-state index in [2.05, 4.69) is 143 Å². The molecule has 0 amide bonds. The molecule has 0 bridgehead atoms. The quantitative estimate of drug-likeness (QED) is 0.203. The second-order valence-electron chi connectivity index (χ2n) is 10.3. The smallest absolute Gasteiger partial charge is 0.270 e. The minimum Gasteiger partial charge on any atom is -0.308 e. The fraction of sp³-hybridized carbons (Fsp3) is 0.0278. The molecule has 0 unspecified atom stereocenters. The molecule has 0 saturated heterocycles. The fourth-order valence-electron chi connectivity index (χ4n) is 6.75. The van der Waals surface area contributed by atoms with Crippen LogP contribution >= 0.6 is 11.3 Å². The number of hydrogen-bond donors (Lipinski definition) is 0. The van der Waals surface area contributed by atoms with Gasteiger partial charge in [0, 0.05) is 33.4 Å². The molecule has 2 nitrogen and oxygen atoms in total. The maximum atomic E-state index is 2.50. The molecular weight excluding hydrogens is 492 g/mol. The van der Waals surface area contributed by atoms with Gasteiger partial charge in [0.15, 0.2) is 6.20 Å². The normalized spacial score (nSPS) is 13.0. The van der Waals surface area contributed by atoms with Crippen molar-refractivity contribution in [2.45, 2.75) is 6.04 Å². The SMILES string of the molecule is c1ccc2c(c1)-c1ccccc1C2[n+]1cccc2c3cccc(-n4c5ccccc5c5ccccc54)c3sc21. The molecule has 1 aliphatic rings. The van der Waals surface area contributed by atoms with Gasteiger partial charge in [0.05, 0.1) is 26.8 Å². The van der Waals surface area contributed by atoms with Crippen LogP contribution in [0.15, 0.2) is 134 Å². The molecule has 3 heterocycles. The van der Waals surface area contributed by atoms with Crippen molar-refractivity contribution in [3.63, 3.8) is 0 Å². The maximum Gasteiger partial charge on any atom is 0.270 e. The van der Waals surface area contributed by atoms with Crippen LogP contribution in [0.5, 0.6) is 0 Å². The lowest BCUT2D eigenvalue weighted by Gasteiger charge is -2.09. The van der Waals surface area contributed by atoms with E-state index < -0.39 is 0 Å². The number of benzene rings is 5. The molecule has 0 spiro atoms. The van der Waals surface area contributed by atoms with Crippen LogP contribution in [-0.2, 0) is 0 Å². The molecule has 9 rings (SSSR count). The van der Waals surface area contributed by atoms with E-state index in [0.717, 1.165) is 0 Å². The molecule has 0 N–H and O–H groups in total. The summed E-state index contributed by atoms with van der Waals surface area (Å²) < 4.78 is 6.27. The first-order chi connectivity index (χ1) is 19.4. The Morgan fingerprint density at radius 2 is 1.08 bits per heavy atom. The summed E-state index contributed by atoms with van der Waals surface area (Å²) in [6, 6.07) is 46.7. The number of hydrogen-bond acceptors (Lipinski definition) is 1. The summed E-state index contributed by atoms with van der Waals surface area (Å²) in [6.07, 6.45) is 2.27. The first kappa shape index (κ1) is 21.2. The highest BCUT2D eigenvalue weighted by Gasteiger charge is 2.36. The highest BCUT2D eigenvalue weighted by molar-refractivity contribution is 7.25. The Kier molecular flexibility index (Phi) is 4.29. The van der Waals surface area contributed by atoms with E-state index in [9.17, 15) is 0 Å². The lowest BCUT2D eigenvalue weighted by molar-refractivity contribution is -0.676. The van der Waals surface area contributed by atoms with Gasteiger partial charge < -0.3 is 4.57 Å². The molecule has 5 aromatic carbocycles. The van der Waals surface area contributed by atoms with E-state index in [0.29, 0.717) is 0 Å². The molecule has 0 aliphatic heterocycles. The third-order valence-electron chi connectivity index (χ3n) is 8.36. The Hall–Kier alpha value is -4.73. The van der Waals surface area contributed by atoms with Crippen LogP contribution in [0.3, 0.4) is 0 Å². The Labute approximate surface area is 229 Å². The highest BCUT2D eigenvalue weighted by Crippen LogP contribution is 2.45. The zero-order valence-corrected chi connectivity index (χ0v) is 21.9. The molecule has 8 aromatic rings. The molecule has 3 aromatic heterocycles. The lowest BCUT2D eigenvalue weighted by Crippen LogP contribution is -2.39. The van der Waals surface area contributed by atoms with Crippen molar-refractivity contribution in [2.75, 3.05) is 0 Å². The van der Waals surface area contributed by atoms with Crippen molar-refractivity contribution >= 4 is 53.4 Å². The molecule has 0 atom stereocenters. The van der Waals surface area contributed by atoms with Gasteiger partial charge in [-0.25, -0.2) is 0 Å². The molecule has 3 heteroatoms. The number of rotatable bonds is 2. The van der Waals surface area contributed by atoms with Gasteiger partial charge >= 0.3 is 0 Å². The maximum absolute atomic E-state index is 2.50. The van der Waals surface area contributed by atoms with Crippen LogP contribution < -0.4 is 4.57 Å². The molecule has 1 aliphatic carbocycles. The van der Waals surface area contributed by atoms with E-state index in [1.54, 1.807) is 0 Å². The summed E-state index contributed by atoms with van der Waals surface area (Å²) in [4.78, 5) is 1.30. The zero-order chi connectivity index (χ0) is 25.5. The van der Waals surface area contributed by atoms with Crippen molar-refractivity contribution in [3.8, 4) is 16.8 Å². The third kappa shape index (κ3) is 2.83. The van der Waals surface area contributed by atoms with Crippen LogP contribution in [0.2, 0.25) is 0 Å². The van der Waals surface area contributed by atoms with Gasteiger partial charge in [-0.2, -0.15) is 4.57 Å². The Balaban J connectivity index is 1.36. The molecular formula is C36H23N2S+. The van der Waals surface area contributed by atoms with Crippen LogP contribution in [-0.4, -0.2) is 4.57 Å². The van der Waals surface area contributed by atoms with Crippen LogP contribution in [0.4, 0.5) is 0 Å². The Bertz CT molecular complexity index is 2150. The summed E-state index contributed by atoms with van der Waals surface area (Å²) >= 11 is 1.91. The minimum absolute atomic E-state index is 0.158. The zero-order valence-electron chi connectivity index (χ0n) is 21.1. The van der Waals surface area contributed by atoms with E-state index in [4.69, 9.17) is 0 Å². The van der Waals surface area contributed by atoms with Crippen LogP contribution in [0, 0.1) is 0 Å². The van der Waals surface area contributed by atoms with Gasteiger partial charge in [0.1, 0.15) is 0 Å². The van der Waals surface area contributed by atoms with E-state index in [1.165, 1.54) is 70.0 Å². The van der Waals surface area contributed by atoms with Gasteiger partial charge in [-0.3, -0.25) is 0 Å². The third-order valence-corrected chi connectivity index (χ3v) is 9.61. The number of aromatic nitrogens is 2. The second-order valence-corrected chi connectivity index (χ2v) is 11.3. The van der Waals surface area contributed by atoms with Crippen molar-refractivity contribution in [2.24, 2.45) is 0 Å². The highest BCUT2D eigenvalue weighted by atomic mass is 32.1. The first-order valence-corrected chi connectivity index (χ1v) is 14.2. The Morgan fingerprint density at radius 1 is 0.513 bits per heavy atom. The van der Waals surface area contributed by atoms with Crippen molar-refractivity contribution < 1.29 is 4.57 Å². The largest absolute Gasteiger partial charge is 0.308 e. The van der Waals surface area contributed by atoms with E-state index >= 15 is 0 Å². The summed E-state index contributed by atoms with van der Waals surface area (Å²) in [7, 11) is 0. The molecule has 0 radical (unpaired) electrons. The fourth-order valence-corrected chi connectivity index (χ4v) is 8.06. The average molecular weight is 516 g/mol. The first-order valence-electron chi connectivity index (χ1n) is 13.4. The van der Waals surface area contributed by atoms with Gasteiger partial charge in [-0.05, 0) is 35.4 Å². The Morgan fingerprint density at radius 3 is 1.77 bits per heavy atom. The van der Waals surface area contributed by atoms with Gasteiger partial charge in [-0.15, -0.1) is 0 Å². The average Bonchev–Trinajstić information content (AvgIpc) is 3.65. The number of nitrogens with zero attached hydrogens (tertiary/aromatic N) is 2. The summed E-state index contributed by atoms with van der Waals surface area (Å²) in [5, 5.41) is 5.20. The standard InChI is InChI=1S/C36H23N2S/c1-3-15-27-23(11-1)24-12-2-4-16-28(24)34(27)37-22-10-18-30-29-17-9-21-33(35(29)39-36(30)37)38-31-19-7-5-13-25(31)26-14-6-8-20-32(26)38/h1-22,34H/q+1. The second kappa shape index (κ2) is 7.89. The molecule has 39 heavy (non-hydrogen) atoms. The number of thiophene rings is 1. The lowest BCUT2D eigenvalue weighted by atomic mass is 10.0. The molecule has 182 valence electrons. The number of fused-ring (bicyclic) bond motifs is 9. The van der Waals surface area contributed by atoms with Gasteiger partial charge in [0.25, 0.3) is 4.83 Å². The van der Waals surface area contributed by atoms with Crippen LogP contribution in [0.25, 0.3) is 58.9 Å². The van der Waals surface area contributed by atoms with Gasteiger partial charge in [0.2, 0.25) is 6.04 Å². The summed E-state index contributed by atoms with van der Waals surface area (Å²) in [5.41, 5.74) is 9.16. The molecule has 0 fully saturated rings. The monoisotopic (exact) mass is 515 g/mol. The summed E-state index contributed by atoms with van der Waals surface area (Å²) in [6.45, 7) is 0. The van der Waals surface area contributed by atoms with Crippen molar-refractivity contribution in [1.29, 1.82) is 0 Å². The van der Waals surface area contributed by atoms with Crippen molar-refractivity contribution in [1.82, 2.24) is 4.57 Å². The topological polar surface area (TPSA) is 8.81 Å². The predicted molar refractivity (Wildman–Crippen MR) is 163 cm³/mol. The van der Waals surface area contributed by atoms with Crippen molar-refractivity contribution in [3.05, 3.63) is 145 Å². The summed E-state index contributed by atoms with van der Waals surface area (Å²) in [5.74, 6) is 0. The number of para-hydroxylation sites is 2. The predicted octanol–water partition coefficient (Wildman–Crippen LogP) is 9.06. The van der Waals surface area contributed by atoms with E-state index in [1.807, 2.05) is 11.3 Å².